The number of fused-ring (bicyclic) bond motifs is 20. The van der Waals surface area contributed by atoms with Crippen LogP contribution in [0.3, 0.4) is 0 Å². The largest absolute Gasteiger partial charge is 2.00 e. The molecule has 8 nitrogen and oxygen atoms in total. The molecule has 0 saturated heterocycles. The summed E-state index contributed by atoms with van der Waals surface area (Å²) in [7, 11) is 0. The van der Waals surface area contributed by atoms with Gasteiger partial charge in [0.05, 0.1) is 23.3 Å². The van der Waals surface area contributed by atoms with Gasteiger partial charge in [0.1, 0.15) is 0 Å². The second kappa shape index (κ2) is 11.0. The van der Waals surface area contributed by atoms with Gasteiger partial charge in [0, 0.05) is 44.5 Å². The minimum Gasteiger partial charge on any atom is -0.357 e. The number of hydrogen-bond donors (Lipinski definition) is 0. The molecule has 0 unspecified atom stereocenters. The van der Waals surface area contributed by atoms with E-state index in [1.807, 2.05) is 36.4 Å². The minimum atomic E-state index is -0.472. The van der Waals surface area contributed by atoms with E-state index in [2.05, 4.69) is 100 Å². The normalized spacial score (nSPS) is 14.6. The Morgan fingerprint density at radius 2 is 0.679 bits per heavy atom. The van der Waals surface area contributed by atoms with Crippen LogP contribution in [0.15, 0.2) is 109 Å². The zero-order valence-electron chi connectivity index (χ0n) is 29.3. The third-order valence-electron chi connectivity index (χ3n) is 11.5. The fraction of sp³-hybridized carbons (Fsp3) is 0.136. The van der Waals surface area contributed by atoms with E-state index in [4.69, 9.17) is 39.9 Å². The second-order valence-corrected chi connectivity index (χ2v) is 15.0. The third-order valence-corrected chi connectivity index (χ3v) is 11.5. The standard InChI is InChI=1S/C44H30N8.Ni/c1-43(2)41-50-39-33-21-27-15-9-7-13-25(27)19-31(33)37(48-39)46-35-29-17-23-11-5-6-12-24(23)18-30(29)36(45-35)47-38-32-20-26-14-8-10-16-28(26)22-34(32)40(49-38)51-42(52-41)44(43,3)4;/h5-22H,1-4H3;/q-2;+2. The Morgan fingerprint density at radius 1 is 0.377 bits per heavy atom. The first kappa shape index (κ1) is 31.7. The van der Waals surface area contributed by atoms with Crippen molar-refractivity contribution < 1.29 is 16.5 Å². The molecule has 0 radical (unpaired) electrons. The van der Waals surface area contributed by atoms with E-state index in [1.54, 1.807) is 0 Å². The predicted molar refractivity (Wildman–Crippen MR) is 208 cm³/mol. The van der Waals surface area contributed by atoms with Crippen molar-refractivity contribution in [3.63, 3.8) is 0 Å². The van der Waals surface area contributed by atoms with Gasteiger partial charge < -0.3 is 29.9 Å². The maximum atomic E-state index is 5.25. The Bertz CT molecular complexity index is 3000. The first-order chi connectivity index (χ1) is 25.2. The van der Waals surface area contributed by atoms with Crippen molar-refractivity contribution >= 4 is 76.5 Å². The van der Waals surface area contributed by atoms with Gasteiger partial charge in [-0.2, -0.15) is 0 Å². The summed E-state index contributed by atoms with van der Waals surface area (Å²) in [4.78, 5) is 41.5. The van der Waals surface area contributed by atoms with Crippen LogP contribution in [-0.2, 0) is 27.3 Å². The van der Waals surface area contributed by atoms with Gasteiger partial charge in [-0.1, -0.05) is 100 Å². The number of benzene rings is 6. The predicted octanol–water partition coefficient (Wildman–Crippen LogP) is 9.51. The van der Waals surface area contributed by atoms with Gasteiger partial charge in [0.15, 0.2) is 0 Å². The van der Waals surface area contributed by atoms with E-state index in [-0.39, 0.29) is 16.5 Å². The molecule has 2 aliphatic heterocycles. The van der Waals surface area contributed by atoms with Crippen molar-refractivity contribution in [3.05, 3.63) is 121 Å². The van der Waals surface area contributed by atoms with E-state index >= 15 is 0 Å². The smallest absolute Gasteiger partial charge is 0.357 e. The van der Waals surface area contributed by atoms with Gasteiger partial charge >= 0.3 is 16.5 Å². The first-order valence-electron chi connectivity index (χ1n) is 17.5. The molecule has 11 rings (SSSR count). The Kier molecular flexibility index (Phi) is 6.56. The summed E-state index contributed by atoms with van der Waals surface area (Å²) < 4.78 is 0. The minimum absolute atomic E-state index is 0. The molecule has 53 heavy (non-hydrogen) atoms. The Hall–Kier alpha value is -6.05. The van der Waals surface area contributed by atoms with Crippen molar-refractivity contribution in [1.82, 2.24) is 39.9 Å². The van der Waals surface area contributed by atoms with Gasteiger partial charge in [-0.25, -0.2) is 4.98 Å². The van der Waals surface area contributed by atoms with E-state index in [0.29, 0.717) is 45.9 Å². The number of hydrogen-bond acceptors (Lipinski definition) is 6. The monoisotopic (exact) mass is 728 g/mol. The fourth-order valence-corrected chi connectivity index (χ4v) is 7.67. The Balaban J connectivity index is 0.00000349. The van der Waals surface area contributed by atoms with Crippen molar-refractivity contribution in [2.24, 2.45) is 0 Å². The molecule has 0 amide bonds. The van der Waals surface area contributed by atoms with Gasteiger partial charge in [0.2, 0.25) is 0 Å². The van der Waals surface area contributed by atoms with Crippen molar-refractivity contribution in [2.45, 2.75) is 38.5 Å². The molecule has 5 heterocycles. The fourth-order valence-electron chi connectivity index (χ4n) is 7.67. The molecule has 0 aliphatic carbocycles. The topological polar surface area (TPSA) is 106 Å². The molecular formula is C44H30N8Ni. The SMILES string of the molecule is CC1(C)c2nc(nc3[n-]c(nc4nc(nc5[n-]c(n2)c2cc6ccccc6cc52)-c2cc5ccccc5cc2-4)c2cc4ccccc4cc32)C1(C)C.[Ni+2]. The van der Waals surface area contributed by atoms with Crippen molar-refractivity contribution in [3.8, 4) is 22.8 Å². The zero-order chi connectivity index (χ0) is 34.9. The van der Waals surface area contributed by atoms with E-state index in [9.17, 15) is 0 Å². The number of rotatable bonds is 0. The summed E-state index contributed by atoms with van der Waals surface area (Å²) in [5.74, 6) is 2.43. The molecule has 9 aromatic rings. The van der Waals surface area contributed by atoms with Crippen LogP contribution in [0.2, 0.25) is 0 Å². The number of aromatic nitrogens is 8. The van der Waals surface area contributed by atoms with Gasteiger partial charge in [-0.05, 0) is 90.3 Å². The Morgan fingerprint density at radius 3 is 1.02 bits per heavy atom. The van der Waals surface area contributed by atoms with Crippen molar-refractivity contribution in [1.29, 1.82) is 0 Å². The molecule has 0 spiro atoms. The van der Waals surface area contributed by atoms with Crippen LogP contribution >= 0.6 is 0 Å². The van der Waals surface area contributed by atoms with Crippen LogP contribution in [0.4, 0.5) is 0 Å². The molecule has 9 heteroatoms. The van der Waals surface area contributed by atoms with E-state index in [1.165, 1.54) is 0 Å². The van der Waals surface area contributed by atoms with E-state index in [0.717, 1.165) is 65.0 Å². The van der Waals surface area contributed by atoms with Gasteiger partial charge in [0.25, 0.3) is 0 Å². The quantitative estimate of drug-likeness (QED) is 0.142. The van der Waals surface area contributed by atoms with Crippen LogP contribution in [0.25, 0.3) is 99.2 Å². The molecular weight excluding hydrogens is 699 g/mol. The average molecular weight is 729 g/mol. The van der Waals surface area contributed by atoms with Crippen LogP contribution in [-0.4, -0.2) is 29.9 Å². The van der Waals surface area contributed by atoms with Crippen LogP contribution in [0.1, 0.15) is 39.3 Å². The summed E-state index contributed by atoms with van der Waals surface area (Å²) in [6.45, 7) is 8.70. The second-order valence-electron chi connectivity index (χ2n) is 15.0. The molecule has 0 fully saturated rings. The number of nitrogens with zero attached hydrogens (tertiary/aromatic N) is 8. The van der Waals surface area contributed by atoms with E-state index < -0.39 is 10.8 Å². The summed E-state index contributed by atoms with van der Waals surface area (Å²) >= 11 is 0. The summed E-state index contributed by atoms with van der Waals surface area (Å²) in [5, 5.41) is 10.2. The summed E-state index contributed by atoms with van der Waals surface area (Å²) in [5.41, 5.74) is 3.11. The van der Waals surface area contributed by atoms with Gasteiger partial charge in [-0.15, -0.1) is 0 Å². The Labute approximate surface area is 313 Å². The zero-order valence-corrected chi connectivity index (χ0v) is 30.3. The molecule has 256 valence electrons. The molecule has 3 aromatic heterocycles. The first-order valence-corrected chi connectivity index (χ1v) is 17.5. The molecule has 0 saturated carbocycles. The maximum Gasteiger partial charge on any atom is 2.00 e. The average Bonchev–Trinajstić information content (AvgIpc) is 3.81. The molecule has 0 N–H and O–H groups in total. The summed E-state index contributed by atoms with van der Waals surface area (Å²) in [6, 6.07) is 37.9. The van der Waals surface area contributed by atoms with Crippen LogP contribution in [0.5, 0.6) is 0 Å². The van der Waals surface area contributed by atoms with Crippen LogP contribution < -0.4 is 9.97 Å². The molecule has 8 bridgehead atoms. The molecule has 2 aliphatic rings. The van der Waals surface area contributed by atoms with Crippen molar-refractivity contribution in [2.75, 3.05) is 0 Å². The van der Waals surface area contributed by atoms with Gasteiger partial charge in [-0.3, -0.25) is 4.98 Å². The van der Waals surface area contributed by atoms with Crippen LogP contribution in [0, 0.1) is 0 Å². The maximum absolute atomic E-state index is 5.25. The molecule has 0 atom stereocenters. The molecule has 6 aromatic carbocycles. The third kappa shape index (κ3) is 4.53. The summed E-state index contributed by atoms with van der Waals surface area (Å²) in [6.07, 6.45) is 0.